The molecule has 0 radical (unpaired) electrons. The van der Waals surface area contributed by atoms with Crippen LogP contribution in [0.25, 0.3) is 0 Å². The van der Waals surface area contributed by atoms with E-state index in [4.69, 9.17) is 0 Å². The minimum absolute atomic E-state index is 0. The van der Waals surface area contributed by atoms with Crippen LogP contribution in [0.4, 0.5) is 11.4 Å². The number of aliphatic imine (C=N–C) groups is 1. The highest BCUT2D eigenvalue weighted by molar-refractivity contribution is 8.93. The molecule has 0 saturated heterocycles. The molecular formula is C17H17BrN2. The molecule has 2 aromatic rings. The van der Waals surface area contributed by atoms with Gasteiger partial charge in [0.25, 0.3) is 0 Å². The van der Waals surface area contributed by atoms with E-state index in [1.165, 1.54) is 0 Å². The van der Waals surface area contributed by atoms with Gasteiger partial charge in [0.1, 0.15) is 0 Å². The van der Waals surface area contributed by atoms with Gasteiger partial charge in [0.15, 0.2) is 0 Å². The molecule has 0 aromatic heterocycles. The highest BCUT2D eigenvalue weighted by atomic mass is 79.9. The van der Waals surface area contributed by atoms with E-state index in [1.54, 1.807) is 6.21 Å². The van der Waals surface area contributed by atoms with Gasteiger partial charge in [-0.15, -0.1) is 17.0 Å². The van der Waals surface area contributed by atoms with Gasteiger partial charge in [-0.3, -0.25) is 4.99 Å². The van der Waals surface area contributed by atoms with E-state index in [-0.39, 0.29) is 17.0 Å². The van der Waals surface area contributed by atoms with Gasteiger partial charge in [-0.1, -0.05) is 42.5 Å². The zero-order valence-electron chi connectivity index (χ0n) is 11.0. The molecule has 3 heteroatoms. The minimum Gasteiger partial charge on any atom is -0.362 e. The number of hydrogen-bond acceptors (Lipinski definition) is 2. The van der Waals surface area contributed by atoms with Crippen molar-refractivity contribution >= 4 is 34.6 Å². The maximum atomic E-state index is 4.30. The van der Waals surface area contributed by atoms with Crippen LogP contribution in [0.5, 0.6) is 0 Å². The molecule has 102 valence electrons. The van der Waals surface area contributed by atoms with Gasteiger partial charge in [-0.05, 0) is 36.4 Å². The van der Waals surface area contributed by atoms with Crippen LogP contribution >= 0.6 is 17.0 Å². The van der Waals surface area contributed by atoms with E-state index in [1.807, 2.05) is 85.1 Å². The number of nitrogens with zero attached hydrogens (tertiary/aromatic N) is 1. The summed E-state index contributed by atoms with van der Waals surface area (Å²) in [5, 5.41) is 3.18. The number of rotatable bonds is 5. The van der Waals surface area contributed by atoms with E-state index >= 15 is 0 Å². The first kappa shape index (κ1) is 15.9. The third-order valence-electron chi connectivity index (χ3n) is 2.41. The summed E-state index contributed by atoms with van der Waals surface area (Å²) >= 11 is 0. The quantitative estimate of drug-likeness (QED) is 0.595. The second kappa shape index (κ2) is 9.75. The van der Waals surface area contributed by atoms with Crippen LogP contribution < -0.4 is 5.32 Å². The zero-order valence-corrected chi connectivity index (χ0v) is 12.7. The van der Waals surface area contributed by atoms with Crippen molar-refractivity contribution < 1.29 is 0 Å². The van der Waals surface area contributed by atoms with Gasteiger partial charge < -0.3 is 5.32 Å². The lowest BCUT2D eigenvalue weighted by molar-refractivity contribution is 1.54. The summed E-state index contributed by atoms with van der Waals surface area (Å²) in [4.78, 5) is 4.30. The molecule has 2 aromatic carbocycles. The van der Waals surface area contributed by atoms with Crippen molar-refractivity contribution in [3.8, 4) is 0 Å². The second-order valence-corrected chi connectivity index (χ2v) is 3.87. The molecule has 0 aliphatic rings. The van der Waals surface area contributed by atoms with E-state index < -0.39 is 0 Å². The highest BCUT2D eigenvalue weighted by Crippen LogP contribution is 2.08. The fourth-order valence-electron chi connectivity index (χ4n) is 1.49. The van der Waals surface area contributed by atoms with E-state index in [0.717, 1.165) is 11.4 Å². The topological polar surface area (TPSA) is 24.4 Å². The van der Waals surface area contributed by atoms with Crippen LogP contribution in [0.3, 0.4) is 0 Å². The average molecular weight is 329 g/mol. The lowest BCUT2D eigenvalue weighted by atomic mass is 10.3. The maximum absolute atomic E-state index is 4.30. The van der Waals surface area contributed by atoms with Gasteiger partial charge in [-0.25, -0.2) is 0 Å². The summed E-state index contributed by atoms with van der Waals surface area (Å²) in [7, 11) is 0. The van der Waals surface area contributed by atoms with E-state index in [2.05, 4.69) is 10.3 Å². The fourth-order valence-corrected chi connectivity index (χ4v) is 1.49. The van der Waals surface area contributed by atoms with Crippen LogP contribution in [0.1, 0.15) is 0 Å². The van der Waals surface area contributed by atoms with Crippen LogP contribution in [-0.4, -0.2) is 6.21 Å². The third kappa shape index (κ3) is 6.16. The average Bonchev–Trinajstić information content (AvgIpc) is 2.48. The Labute approximate surface area is 130 Å². The molecule has 0 unspecified atom stereocenters. The molecule has 0 spiro atoms. The molecule has 0 aliphatic heterocycles. The van der Waals surface area contributed by atoms with Gasteiger partial charge in [0.05, 0.1) is 5.69 Å². The van der Waals surface area contributed by atoms with Crippen molar-refractivity contribution in [3.63, 3.8) is 0 Å². The van der Waals surface area contributed by atoms with E-state index in [9.17, 15) is 0 Å². The molecule has 0 atom stereocenters. The first-order valence-corrected chi connectivity index (χ1v) is 6.18. The molecule has 2 rings (SSSR count). The summed E-state index contributed by atoms with van der Waals surface area (Å²) < 4.78 is 0. The Morgan fingerprint density at radius 3 is 2.10 bits per heavy atom. The molecule has 0 fully saturated rings. The second-order valence-electron chi connectivity index (χ2n) is 3.87. The molecule has 0 amide bonds. The largest absolute Gasteiger partial charge is 0.362 e. The number of para-hydroxylation sites is 2. The van der Waals surface area contributed by atoms with Gasteiger partial charge >= 0.3 is 0 Å². The highest BCUT2D eigenvalue weighted by Gasteiger charge is 1.82. The lowest BCUT2D eigenvalue weighted by Gasteiger charge is -1.97. The normalized spacial score (nSPS) is 11.0. The molecular weight excluding hydrogens is 312 g/mol. The van der Waals surface area contributed by atoms with Crippen LogP contribution in [-0.2, 0) is 0 Å². The smallest absolute Gasteiger partial charge is 0.0629 e. The van der Waals surface area contributed by atoms with Gasteiger partial charge in [0.2, 0.25) is 0 Å². The summed E-state index contributed by atoms with van der Waals surface area (Å²) in [6, 6.07) is 19.9. The Kier molecular flexibility index (Phi) is 7.77. The molecule has 0 heterocycles. The predicted molar refractivity (Wildman–Crippen MR) is 93.3 cm³/mol. The molecule has 2 nitrogen and oxygen atoms in total. The molecule has 0 aliphatic carbocycles. The summed E-state index contributed by atoms with van der Waals surface area (Å²) in [5.41, 5.74) is 2.03. The fraction of sp³-hybridized carbons (Fsp3) is 0. The van der Waals surface area contributed by atoms with Crippen LogP contribution in [0, 0.1) is 0 Å². The van der Waals surface area contributed by atoms with Gasteiger partial charge in [-0.2, -0.15) is 0 Å². The number of benzene rings is 2. The Morgan fingerprint density at radius 1 is 0.750 bits per heavy atom. The number of halogens is 1. The molecule has 1 N–H and O–H groups in total. The maximum Gasteiger partial charge on any atom is 0.0629 e. The van der Waals surface area contributed by atoms with Crippen molar-refractivity contribution in [1.29, 1.82) is 0 Å². The summed E-state index contributed by atoms with van der Waals surface area (Å²) in [6.07, 6.45) is 9.44. The van der Waals surface area contributed by atoms with Crippen molar-refractivity contribution in [2.45, 2.75) is 0 Å². The zero-order chi connectivity index (χ0) is 13.2. The SMILES string of the molecule is Br.C(/C=C/C=C/Nc1ccccc1)=Nc1ccccc1. The number of nitrogens with one attached hydrogen (secondary N) is 1. The third-order valence-corrected chi connectivity index (χ3v) is 2.41. The van der Waals surface area contributed by atoms with Crippen LogP contribution in [0.2, 0.25) is 0 Å². The molecule has 0 saturated carbocycles. The first-order valence-electron chi connectivity index (χ1n) is 6.18. The standard InChI is InChI=1S/C17H16N2.BrH/c1-4-10-16(11-5-1)18-14-8-3-9-15-19-17-12-6-2-7-13-17;/h1-15,18H;1H/b9-3+,14-8+,19-15?;. The number of hydrogen-bond donors (Lipinski definition) is 1. The number of anilines is 1. The summed E-state index contributed by atoms with van der Waals surface area (Å²) in [6.45, 7) is 0. The Morgan fingerprint density at radius 2 is 1.40 bits per heavy atom. The van der Waals surface area contributed by atoms with Crippen molar-refractivity contribution in [2.24, 2.45) is 4.99 Å². The monoisotopic (exact) mass is 328 g/mol. The molecule has 20 heavy (non-hydrogen) atoms. The Hall–Kier alpha value is -2.13. The Bertz CT molecular complexity index is 560. The predicted octanol–water partition coefficient (Wildman–Crippen LogP) is 5.15. The Balaban J connectivity index is 0.00000200. The number of allylic oxidation sites excluding steroid dienone is 3. The van der Waals surface area contributed by atoms with Crippen LogP contribution in [0.15, 0.2) is 90.1 Å². The van der Waals surface area contributed by atoms with Crippen molar-refractivity contribution in [1.82, 2.24) is 0 Å². The molecule has 0 bridgehead atoms. The minimum atomic E-state index is 0. The lowest BCUT2D eigenvalue weighted by Crippen LogP contribution is -1.84. The van der Waals surface area contributed by atoms with Gasteiger partial charge in [0, 0.05) is 18.1 Å². The summed E-state index contributed by atoms with van der Waals surface area (Å²) in [5.74, 6) is 0. The van der Waals surface area contributed by atoms with Crippen molar-refractivity contribution in [2.75, 3.05) is 5.32 Å². The van der Waals surface area contributed by atoms with Crippen molar-refractivity contribution in [3.05, 3.63) is 85.1 Å². The van der Waals surface area contributed by atoms with E-state index in [0.29, 0.717) is 0 Å². The first-order chi connectivity index (χ1) is 9.45.